The van der Waals surface area contributed by atoms with Crippen molar-refractivity contribution < 1.29 is 13.9 Å². The average Bonchev–Trinajstić information content (AvgIpc) is 3.18. The van der Waals surface area contributed by atoms with Crippen LogP contribution in [0.25, 0.3) is 5.82 Å². The molecule has 0 unspecified atom stereocenters. The lowest BCUT2D eigenvalue weighted by molar-refractivity contribution is 0.102. The number of aromatic nitrogens is 4. The molecule has 2 aromatic carbocycles. The van der Waals surface area contributed by atoms with E-state index in [-0.39, 0.29) is 5.56 Å². The van der Waals surface area contributed by atoms with Crippen LogP contribution in [0.2, 0.25) is 0 Å². The van der Waals surface area contributed by atoms with Gasteiger partial charge in [0.15, 0.2) is 5.82 Å². The molecule has 8 heteroatoms. The predicted octanol–water partition coefficient (Wildman–Crippen LogP) is 4.46. The highest BCUT2D eigenvalue weighted by atomic mass is 19.1. The Morgan fingerprint density at radius 1 is 1.00 bits per heavy atom. The van der Waals surface area contributed by atoms with Crippen molar-refractivity contribution in [2.24, 2.45) is 0 Å². The number of aryl methyl sites for hydroxylation is 2. The van der Waals surface area contributed by atoms with Gasteiger partial charge in [0.05, 0.1) is 5.69 Å². The smallest absolute Gasteiger partial charge is 0.255 e. The molecule has 0 radical (unpaired) electrons. The number of carbonyl (C=O) groups excluding carboxylic acids is 1. The van der Waals surface area contributed by atoms with E-state index in [1.54, 1.807) is 66.3 Å². The average molecular weight is 403 g/mol. The van der Waals surface area contributed by atoms with Crippen LogP contribution >= 0.6 is 0 Å². The molecular formula is C22H18FN5O2. The molecule has 0 atom stereocenters. The lowest BCUT2D eigenvalue weighted by atomic mass is 10.1. The van der Waals surface area contributed by atoms with E-state index in [2.05, 4.69) is 20.6 Å². The van der Waals surface area contributed by atoms with Gasteiger partial charge in [-0.2, -0.15) is 5.10 Å². The van der Waals surface area contributed by atoms with E-state index in [1.165, 1.54) is 6.07 Å². The first-order valence-electron chi connectivity index (χ1n) is 9.20. The highest BCUT2D eigenvalue weighted by Crippen LogP contribution is 2.22. The Balaban J connectivity index is 1.39. The molecule has 0 spiro atoms. The van der Waals surface area contributed by atoms with Crippen LogP contribution in [0.15, 0.2) is 66.9 Å². The van der Waals surface area contributed by atoms with Crippen LogP contribution in [0.5, 0.6) is 11.6 Å². The van der Waals surface area contributed by atoms with Gasteiger partial charge in [0.1, 0.15) is 11.6 Å². The zero-order chi connectivity index (χ0) is 21.1. The Morgan fingerprint density at radius 3 is 2.43 bits per heavy atom. The monoisotopic (exact) mass is 403 g/mol. The Bertz CT molecular complexity index is 1190. The van der Waals surface area contributed by atoms with Crippen LogP contribution < -0.4 is 10.1 Å². The van der Waals surface area contributed by atoms with Crippen molar-refractivity contribution in [3.63, 3.8) is 0 Å². The van der Waals surface area contributed by atoms with Crippen LogP contribution in [0.3, 0.4) is 0 Å². The number of rotatable bonds is 5. The van der Waals surface area contributed by atoms with Crippen molar-refractivity contribution in [1.29, 1.82) is 0 Å². The van der Waals surface area contributed by atoms with Crippen molar-refractivity contribution in [1.82, 2.24) is 20.0 Å². The molecule has 0 aliphatic heterocycles. The maximum Gasteiger partial charge on any atom is 0.255 e. The van der Waals surface area contributed by atoms with Gasteiger partial charge >= 0.3 is 0 Å². The van der Waals surface area contributed by atoms with Crippen LogP contribution in [0, 0.1) is 19.7 Å². The van der Waals surface area contributed by atoms with Gasteiger partial charge in [0, 0.05) is 23.5 Å². The van der Waals surface area contributed by atoms with E-state index in [9.17, 15) is 9.18 Å². The topological polar surface area (TPSA) is 81.9 Å². The summed E-state index contributed by atoms with van der Waals surface area (Å²) in [4.78, 5) is 12.3. The zero-order valence-electron chi connectivity index (χ0n) is 16.3. The summed E-state index contributed by atoms with van der Waals surface area (Å²) in [5, 5.41) is 15.1. The van der Waals surface area contributed by atoms with Gasteiger partial charge in [-0.3, -0.25) is 4.79 Å². The Labute approximate surface area is 172 Å². The molecule has 0 saturated heterocycles. The largest absolute Gasteiger partial charge is 0.438 e. The number of carbonyl (C=O) groups is 1. The molecule has 4 aromatic rings. The molecule has 0 fully saturated rings. The van der Waals surface area contributed by atoms with Gasteiger partial charge in [0.25, 0.3) is 5.91 Å². The molecule has 0 saturated carbocycles. The molecule has 0 aliphatic carbocycles. The first kappa shape index (κ1) is 19.3. The van der Waals surface area contributed by atoms with Crippen molar-refractivity contribution in [2.75, 3.05) is 5.32 Å². The first-order valence-corrected chi connectivity index (χ1v) is 9.20. The van der Waals surface area contributed by atoms with Gasteiger partial charge in [0.2, 0.25) is 5.88 Å². The molecule has 0 aliphatic rings. The third kappa shape index (κ3) is 4.33. The molecule has 1 amide bonds. The van der Waals surface area contributed by atoms with Crippen molar-refractivity contribution >= 4 is 11.6 Å². The standard InChI is InChI=1S/C22H18FN5O2/c1-14-3-4-16(13-19(14)23)22(29)24-17-5-7-18(8-6-17)30-21-10-9-20(25-26-21)28-12-11-15(2)27-28/h3-13H,1-2H3,(H,24,29). The second-order valence-electron chi connectivity index (χ2n) is 6.68. The molecule has 7 nitrogen and oxygen atoms in total. The fourth-order valence-electron chi connectivity index (χ4n) is 2.70. The highest BCUT2D eigenvalue weighted by molar-refractivity contribution is 6.04. The van der Waals surface area contributed by atoms with Crippen LogP contribution in [-0.2, 0) is 0 Å². The van der Waals surface area contributed by atoms with Gasteiger partial charge in [-0.05, 0) is 67.9 Å². The second kappa shape index (κ2) is 8.12. The number of amides is 1. The number of nitrogens with one attached hydrogen (secondary N) is 1. The molecule has 0 bridgehead atoms. The summed E-state index contributed by atoms with van der Waals surface area (Å²) in [7, 11) is 0. The van der Waals surface area contributed by atoms with Crippen molar-refractivity contribution in [2.45, 2.75) is 13.8 Å². The third-order valence-corrected chi connectivity index (χ3v) is 4.35. The molecule has 30 heavy (non-hydrogen) atoms. The lowest BCUT2D eigenvalue weighted by Gasteiger charge is -2.08. The van der Waals surface area contributed by atoms with Crippen LogP contribution in [-0.4, -0.2) is 25.9 Å². The van der Waals surface area contributed by atoms with E-state index >= 15 is 0 Å². The minimum Gasteiger partial charge on any atom is -0.438 e. The van der Waals surface area contributed by atoms with Gasteiger partial charge in [-0.1, -0.05) is 6.07 Å². The zero-order valence-corrected chi connectivity index (χ0v) is 16.3. The van der Waals surface area contributed by atoms with Crippen LogP contribution in [0.4, 0.5) is 10.1 Å². The predicted molar refractivity (Wildman–Crippen MR) is 109 cm³/mol. The molecule has 150 valence electrons. The maximum atomic E-state index is 13.6. The number of ether oxygens (including phenoxy) is 1. The minimum atomic E-state index is -0.416. The van der Waals surface area contributed by atoms with E-state index < -0.39 is 11.7 Å². The fourth-order valence-corrected chi connectivity index (χ4v) is 2.70. The first-order chi connectivity index (χ1) is 14.5. The van der Waals surface area contributed by atoms with Crippen LogP contribution in [0.1, 0.15) is 21.6 Å². The Hall–Kier alpha value is -4.07. The maximum absolute atomic E-state index is 13.6. The number of hydrogen-bond acceptors (Lipinski definition) is 5. The molecule has 1 N–H and O–H groups in total. The number of anilines is 1. The quantitative estimate of drug-likeness (QED) is 0.532. The van der Waals surface area contributed by atoms with Gasteiger partial charge < -0.3 is 10.1 Å². The summed E-state index contributed by atoms with van der Waals surface area (Å²) in [6, 6.07) is 16.5. The minimum absolute atomic E-state index is 0.251. The number of benzene rings is 2. The molecule has 2 heterocycles. The summed E-state index contributed by atoms with van der Waals surface area (Å²) in [6.07, 6.45) is 1.80. The second-order valence-corrected chi connectivity index (χ2v) is 6.68. The third-order valence-electron chi connectivity index (χ3n) is 4.35. The number of nitrogens with zero attached hydrogens (tertiary/aromatic N) is 4. The molecular weight excluding hydrogens is 385 g/mol. The lowest BCUT2D eigenvalue weighted by Crippen LogP contribution is -2.12. The van der Waals surface area contributed by atoms with E-state index in [0.717, 1.165) is 5.69 Å². The summed E-state index contributed by atoms with van der Waals surface area (Å²) in [6.45, 7) is 3.54. The molecule has 2 aromatic heterocycles. The normalized spacial score (nSPS) is 10.6. The summed E-state index contributed by atoms with van der Waals surface area (Å²) in [5.41, 5.74) is 2.19. The van der Waals surface area contributed by atoms with Crippen molar-refractivity contribution in [3.05, 3.63) is 89.5 Å². The fraction of sp³-hybridized carbons (Fsp3) is 0.0909. The summed E-state index contributed by atoms with van der Waals surface area (Å²) < 4.78 is 21.0. The summed E-state index contributed by atoms with van der Waals surface area (Å²) >= 11 is 0. The van der Waals surface area contributed by atoms with Crippen molar-refractivity contribution in [3.8, 4) is 17.4 Å². The Kier molecular flexibility index (Phi) is 5.21. The van der Waals surface area contributed by atoms with E-state index in [4.69, 9.17) is 4.74 Å². The molecule has 4 rings (SSSR count). The van der Waals surface area contributed by atoms with E-state index in [0.29, 0.717) is 28.7 Å². The van der Waals surface area contributed by atoms with E-state index in [1.807, 2.05) is 13.0 Å². The Morgan fingerprint density at radius 2 is 1.80 bits per heavy atom. The highest BCUT2D eigenvalue weighted by Gasteiger charge is 2.09. The number of hydrogen-bond donors (Lipinski definition) is 1. The number of halogens is 1. The van der Waals surface area contributed by atoms with Gasteiger partial charge in [-0.25, -0.2) is 9.07 Å². The SMILES string of the molecule is Cc1ccn(-c2ccc(Oc3ccc(NC(=O)c4ccc(C)c(F)c4)cc3)nn2)n1. The van der Waals surface area contributed by atoms with Gasteiger partial charge in [-0.15, -0.1) is 10.2 Å². The summed E-state index contributed by atoms with van der Waals surface area (Å²) in [5.74, 6) is 0.640.